The third-order valence-corrected chi connectivity index (χ3v) is 4.80. The number of hydrogen-bond acceptors (Lipinski definition) is 5. The zero-order valence-electron chi connectivity index (χ0n) is 16.6. The highest BCUT2D eigenvalue weighted by Crippen LogP contribution is 2.37. The SMILES string of the molecule is CC(C)Oc1ccc(C2=C(N(C)CCO)C(=O)N(c3ccccc3Cl)C2=O)cc1. The van der Waals surface area contributed by atoms with Gasteiger partial charge in [0, 0.05) is 13.6 Å². The van der Waals surface area contributed by atoms with Crippen LogP contribution in [0.2, 0.25) is 5.02 Å². The smallest absolute Gasteiger partial charge is 0.282 e. The van der Waals surface area contributed by atoms with Crippen LogP contribution in [0.15, 0.2) is 54.2 Å². The van der Waals surface area contributed by atoms with E-state index in [1.54, 1.807) is 60.5 Å². The Labute approximate surface area is 174 Å². The standard InChI is InChI=1S/C22H23ClN2O4/c1-14(2)29-16-10-8-15(9-11-16)19-20(24(3)12-13-26)22(28)25(21(19)27)18-7-5-4-6-17(18)23/h4-11,14,26H,12-13H2,1-3H3. The highest BCUT2D eigenvalue weighted by molar-refractivity contribution is 6.47. The first-order valence-corrected chi connectivity index (χ1v) is 9.69. The van der Waals surface area contributed by atoms with Crippen LogP contribution in [0.5, 0.6) is 5.75 Å². The van der Waals surface area contributed by atoms with Crippen molar-refractivity contribution in [3.8, 4) is 5.75 Å². The summed E-state index contributed by atoms with van der Waals surface area (Å²) in [6.45, 7) is 3.92. The molecule has 1 N–H and O–H groups in total. The number of anilines is 1. The van der Waals surface area contributed by atoms with Gasteiger partial charge in [-0.05, 0) is 43.7 Å². The molecule has 2 aromatic carbocycles. The first-order chi connectivity index (χ1) is 13.8. The van der Waals surface area contributed by atoms with E-state index in [-0.39, 0.29) is 30.5 Å². The number of amides is 2. The van der Waals surface area contributed by atoms with Gasteiger partial charge in [0.25, 0.3) is 11.8 Å². The fraction of sp³-hybridized carbons (Fsp3) is 0.273. The van der Waals surface area contributed by atoms with Crippen LogP contribution in [0, 0.1) is 0 Å². The number of aliphatic hydroxyl groups is 1. The summed E-state index contributed by atoms with van der Waals surface area (Å²) >= 11 is 6.25. The molecule has 29 heavy (non-hydrogen) atoms. The summed E-state index contributed by atoms with van der Waals surface area (Å²) in [6.07, 6.45) is 0.0247. The van der Waals surface area contributed by atoms with Crippen LogP contribution < -0.4 is 9.64 Å². The zero-order valence-corrected chi connectivity index (χ0v) is 17.3. The molecule has 0 bridgehead atoms. The lowest BCUT2D eigenvalue weighted by molar-refractivity contribution is -0.120. The van der Waals surface area contributed by atoms with Crippen molar-refractivity contribution in [1.29, 1.82) is 0 Å². The lowest BCUT2D eigenvalue weighted by Crippen LogP contribution is -2.35. The van der Waals surface area contributed by atoms with E-state index in [9.17, 15) is 14.7 Å². The highest BCUT2D eigenvalue weighted by atomic mass is 35.5. The normalized spacial score (nSPS) is 14.2. The van der Waals surface area contributed by atoms with Gasteiger partial charge in [-0.2, -0.15) is 0 Å². The Balaban J connectivity index is 2.08. The molecule has 7 heteroatoms. The molecular weight excluding hydrogens is 392 g/mol. The molecule has 0 radical (unpaired) electrons. The molecule has 2 aromatic rings. The molecule has 1 aliphatic heterocycles. The molecule has 1 aliphatic rings. The topological polar surface area (TPSA) is 70.1 Å². The molecule has 0 spiro atoms. The number of ether oxygens (including phenoxy) is 1. The van der Waals surface area contributed by atoms with E-state index in [1.807, 2.05) is 13.8 Å². The van der Waals surface area contributed by atoms with E-state index in [1.165, 1.54) is 0 Å². The molecule has 0 saturated carbocycles. The molecule has 0 saturated heterocycles. The van der Waals surface area contributed by atoms with Crippen LogP contribution in [-0.2, 0) is 9.59 Å². The Morgan fingerprint density at radius 1 is 1.07 bits per heavy atom. The van der Waals surface area contributed by atoms with Gasteiger partial charge in [0.15, 0.2) is 0 Å². The van der Waals surface area contributed by atoms with E-state index in [4.69, 9.17) is 16.3 Å². The van der Waals surface area contributed by atoms with Crippen molar-refractivity contribution in [2.24, 2.45) is 0 Å². The summed E-state index contributed by atoms with van der Waals surface area (Å²) < 4.78 is 5.66. The summed E-state index contributed by atoms with van der Waals surface area (Å²) in [5, 5.41) is 9.65. The second-order valence-corrected chi connectivity index (χ2v) is 7.36. The van der Waals surface area contributed by atoms with Gasteiger partial charge in [-0.15, -0.1) is 0 Å². The van der Waals surface area contributed by atoms with Gasteiger partial charge < -0.3 is 14.7 Å². The fourth-order valence-corrected chi connectivity index (χ4v) is 3.44. The molecule has 6 nitrogen and oxygen atoms in total. The highest BCUT2D eigenvalue weighted by Gasteiger charge is 2.42. The third-order valence-electron chi connectivity index (χ3n) is 4.48. The number of benzene rings is 2. The van der Waals surface area contributed by atoms with Gasteiger partial charge in [-0.3, -0.25) is 9.59 Å². The average molecular weight is 415 g/mol. The minimum Gasteiger partial charge on any atom is -0.491 e. The van der Waals surface area contributed by atoms with E-state index in [2.05, 4.69) is 0 Å². The molecule has 0 unspecified atom stereocenters. The third kappa shape index (κ3) is 4.13. The van der Waals surface area contributed by atoms with Crippen molar-refractivity contribution >= 4 is 34.7 Å². The predicted octanol–water partition coefficient (Wildman–Crippen LogP) is 3.34. The van der Waals surface area contributed by atoms with Gasteiger partial charge in [-0.1, -0.05) is 35.9 Å². The zero-order chi connectivity index (χ0) is 21.1. The van der Waals surface area contributed by atoms with Crippen LogP contribution in [0.1, 0.15) is 19.4 Å². The number of carbonyl (C=O) groups is 2. The van der Waals surface area contributed by atoms with Crippen LogP contribution in [0.3, 0.4) is 0 Å². The Morgan fingerprint density at radius 3 is 2.31 bits per heavy atom. The van der Waals surface area contributed by atoms with Crippen LogP contribution in [0.25, 0.3) is 5.57 Å². The Morgan fingerprint density at radius 2 is 1.72 bits per heavy atom. The van der Waals surface area contributed by atoms with E-state index >= 15 is 0 Å². The molecule has 2 amide bonds. The Hall–Kier alpha value is -2.83. The number of imide groups is 1. The van der Waals surface area contributed by atoms with Gasteiger partial charge >= 0.3 is 0 Å². The van der Waals surface area contributed by atoms with Crippen LogP contribution in [-0.4, -0.2) is 48.1 Å². The summed E-state index contributed by atoms with van der Waals surface area (Å²) in [6, 6.07) is 13.7. The van der Waals surface area contributed by atoms with Gasteiger partial charge in [-0.25, -0.2) is 4.90 Å². The minimum absolute atomic E-state index is 0.0247. The number of carbonyl (C=O) groups excluding carboxylic acids is 2. The number of nitrogens with zero attached hydrogens (tertiary/aromatic N) is 2. The average Bonchev–Trinajstić information content (AvgIpc) is 2.93. The Bertz CT molecular complexity index is 954. The lowest BCUT2D eigenvalue weighted by Gasteiger charge is -2.20. The maximum absolute atomic E-state index is 13.3. The van der Waals surface area contributed by atoms with Crippen molar-refractivity contribution in [1.82, 2.24) is 4.90 Å². The van der Waals surface area contributed by atoms with Gasteiger partial charge in [0.05, 0.1) is 29.0 Å². The monoisotopic (exact) mass is 414 g/mol. The first kappa shape index (κ1) is 20.9. The quantitative estimate of drug-likeness (QED) is 0.704. The summed E-state index contributed by atoms with van der Waals surface area (Å²) in [5.41, 5.74) is 1.41. The molecule has 3 rings (SSSR count). The van der Waals surface area contributed by atoms with Crippen molar-refractivity contribution in [2.45, 2.75) is 20.0 Å². The number of hydrogen-bond donors (Lipinski definition) is 1. The van der Waals surface area contributed by atoms with Gasteiger partial charge in [0.1, 0.15) is 11.4 Å². The van der Waals surface area contributed by atoms with Crippen molar-refractivity contribution < 1.29 is 19.4 Å². The number of para-hydroxylation sites is 1. The summed E-state index contributed by atoms with van der Waals surface area (Å²) in [7, 11) is 1.67. The maximum atomic E-state index is 13.3. The van der Waals surface area contributed by atoms with E-state index in [0.717, 1.165) is 4.90 Å². The predicted molar refractivity (Wildman–Crippen MR) is 113 cm³/mol. The second kappa shape index (κ2) is 8.68. The fourth-order valence-electron chi connectivity index (χ4n) is 3.22. The lowest BCUT2D eigenvalue weighted by atomic mass is 10.0. The van der Waals surface area contributed by atoms with Crippen LogP contribution in [0.4, 0.5) is 5.69 Å². The number of likely N-dealkylation sites (N-methyl/N-ethyl adjacent to an activating group) is 1. The summed E-state index contributed by atoms with van der Waals surface area (Å²) in [5.74, 6) is -0.258. The molecule has 0 aliphatic carbocycles. The number of aliphatic hydroxyl groups excluding tert-OH is 1. The van der Waals surface area contributed by atoms with Gasteiger partial charge in [0.2, 0.25) is 0 Å². The minimum atomic E-state index is -0.475. The number of halogens is 1. The van der Waals surface area contributed by atoms with Crippen LogP contribution >= 0.6 is 11.6 Å². The van der Waals surface area contributed by atoms with Crippen molar-refractivity contribution in [3.63, 3.8) is 0 Å². The summed E-state index contributed by atoms with van der Waals surface area (Å²) in [4.78, 5) is 29.2. The van der Waals surface area contributed by atoms with E-state index in [0.29, 0.717) is 22.0 Å². The molecule has 1 heterocycles. The second-order valence-electron chi connectivity index (χ2n) is 6.96. The Kier molecular flexibility index (Phi) is 6.25. The molecule has 152 valence electrons. The first-order valence-electron chi connectivity index (χ1n) is 9.31. The van der Waals surface area contributed by atoms with Crippen molar-refractivity contribution in [3.05, 3.63) is 64.8 Å². The maximum Gasteiger partial charge on any atom is 0.282 e. The van der Waals surface area contributed by atoms with E-state index < -0.39 is 11.8 Å². The molecule has 0 atom stereocenters. The van der Waals surface area contributed by atoms with Crippen molar-refractivity contribution in [2.75, 3.05) is 25.1 Å². The molecule has 0 aromatic heterocycles. The largest absolute Gasteiger partial charge is 0.491 e. The molecular formula is C22H23ClN2O4. The molecule has 0 fully saturated rings. The number of rotatable bonds is 7.